The quantitative estimate of drug-likeness (QED) is 0.688. The van der Waals surface area contributed by atoms with Gasteiger partial charge in [-0.05, 0) is 48.3 Å². The number of aryl methyl sites for hydroxylation is 1. The van der Waals surface area contributed by atoms with Crippen LogP contribution in [0.3, 0.4) is 0 Å². The Balaban J connectivity index is 2.11. The van der Waals surface area contributed by atoms with Crippen molar-refractivity contribution < 1.29 is 4.74 Å². The lowest BCUT2D eigenvalue weighted by atomic mass is 10.00. The normalized spacial score (nSPS) is 10.5. The summed E-state index contributed by atoms with van der Waals surface area (Å²) in [6.45, 7) is 2.12. The Morgan fingerprint density at radius 3 is 2.25 bits per heavy atom. The molecule has 1 heterocycles. The summed E-state index contributed by atoms with van der Waals surface area (Å²) in [4.78, 5) is 1.24. The van der Waals surface area contributed by atoms with E-state index in [1.165, 1.54) is 16.0 Å². The van der Waals surface area contributed by atoms with E-state index in [0.717, 1.165) is 17.0 Å². The molecule has 20 heavy (non-hydrogen) atoms. The minimum atomic E-state index is 0.863. The van der Waals surface area contributed by atoms with Crippen LogP contribution in [-0.2, 0) is 0 Å². The van der Waals surface area contributed by atoms with Crippen LogP contribution in [0.15, 0.2) is 54.6 Å². The van der Waals surface area contributed by atoms with Gasteiger partial charge in [0.05, 0.1) is 12.8 Å². The maximum Gasteiger partial charge on any atom is 0.118 e. The summed E-state index contributed by atoms with van der Waals surface area (Å²) < 4.78 is 9.83. The van der Waals surface area contributed by atoms with E-state index in [-0.39, 0.29) is 0 Å². The lowest BCUT2D eigenvalue weighted by Gasteiger charge is -2.06. The van der Waals surface area contributed by atoms with Crippen LogP contribution in [0, 0.1) is 6.92 Å². The van der Waals surface area contributed by atoms with Crippen LogP contribution in [0.1, 0.15) is 4.88 Å². The van der Waals surface area contributed by atoms with E-state index < -0.39 is 0 Å². The summed E-state index contributed by atoms with van der Waals surface area (Å²) in [6.07, 6.45) is 0. The molecule has 2 nitrogen and oxygen atoms in total. The first kappa shape index (κ1) is 12.9. The third-order valence-electron chi connectivity index (χ3n) is 3.29. The molecular formula is C17H15NOS. The smallest absolute Gasteiger partial charge is 0.118 e. The van der Waals surface area contributed by atoms with E-state index >= 15 is 0 Å². The van der Waals surface area contributed by atoms with Crippen LogP contribution in [-0.4, -0.2) is 11.5 Å². The van der Waals surface area contributed by atoms with Crippen LogP contribution in [0.25, 0.3) is 22.4 Å². The zero-order chi connectivity index (χ0) is 13.9. The molecule has 0 spiro atoms. The number of nitrogens with zero attached hydrogens (tertiary/aromatic N) is 1. The van der Waals surface area contributed by atoms with Gasteiger partial charge in [-0.1, -0.05) is 30.3 Å². The summed E-state index contributed by atoms with van der Waals surface area (Å²) in [6, 6.07) is 18.5. The molecule has 0 aliphatic heterocycles. The van der Waals surface area contributed by atoms with Gasteiger partial charge in [-0.3, -0.25) is 0 Å². The highest BCUT2D eigenvalue weighted by atomic mass is 32.1. The fourth-order valence-electron chi connectivity index (χ4n) is 2.26. The zero-order valence-corrected chi connectivity index (χ0v) is 12.3. The highest BCUT2D eigenvalue weighted by molar-refractivity contribution is 7.06. The van der Waals surface area contributed by atoms with Gasteiger partial charge in [0.15, 0.2) is 0 Å². The monoisotopic (exact) mass is 281 g/mol. The molecule has 1 aromatic heterocycles. The van der Waals surface area contributed by atoms with Crippen molar-refractivity contribution in [2.75, 3.05) is 7.11 Å². The number of hydrogen-bond donors (Lipinski definition) is 0. The lowest BCUT2D eigenvalue weighted by Crippen LogP contribution is -1.85. The molecule has 3 heteroatoms. The third-order valence-corrected chi connectivity index (χ3v) is 4.04. The summed E-state index contributed by atoms with van der Waals surface area (Å²) >= 11 is 1.55. The van der Waals surface area contributed by atoms with Gasteiger partial charge in [0.2, 0.25) is 0 Å². The van der Waals surface area contributed by atoms with E-state index in [9.17, 15) is 0 Å². The molecule has 0 bridgehead atoms. The summed E-state index contributed by atoms with van der Waals surface area (Å²) in [5, 5.41) is 0. The Kier molecular flexibility index (Phi) is 3.52. The largest absolute Gasteiger partial charge is 0.497 e. The van der Waals surface area contributed by atoms with Gasteiger partial charge >= 0.3 is 0 Å². The average molecular weight is 281 g/mol. The van der Waals surface area contributed by atoms with Gasteiger partial charge in [0, 0.05) is 16.0 Å². The molecule has 0 saturated carbocycles. The highest BCUT2D eigenvalue weighted by Crippen LogP contribution is 2.36. The Morgan fingerprint density at radius 2 is 1.60 bits per heavy atom. The van der Waals surface area contributed by atoms with E-state index in [0.29, 0.717) is 0 Å². The molecule has 0 radical (unpaired) electrons. The predicted octanol–water partition coefficient (Wildman–Crippen LogP) is 4.79. The minimum absolute atomic E-state index is 0.863. The molecule has 3 aromatic rings. The molecule has 2 aromatic carbocycles. The Morgan fingerprint density at radius 1 is 0.900 bits per heavy atom. The first-order chi connectivity index (χ1) is 9.79. The van der Waals surface area contributed by atoms with Crippen molar-refractivity contribution in [1.82, 2.24) is 4.37 Å². The average Bonchev–Trinajstić information content (AvgIpc) is 2.90. The van der Waals surface area contributed by atoms with Gasteiger partial charge in [-0.2, -0.15) is 4.37 Å². The molecule has 0 N–H and O–H groups in total. The maximum absolute atomic E-state index is 5.21. The second-order valence-corrected chi connectivity index (χ2v) is 5.53. The van der Waals surface area contributed by atoms with Gasteiger partial charge in [-0.25, -0.2) is 0 Å². The van der Waals surface area contributed by atoms with E-state index in [4.69, 9.17) is 4.74 Å². The molecule has 0 saturated heterocycles. The number of hydrogen-bond acceptors (Lipinski definition) is 3. The van der Waals surface area contributed by atoms with Gasteiger partial charge < -0.3 is 4.74 Å². The zero-order valence-electron chi connectivity index (χ0n) is 11.5. The molecule has 0 fully saturated rings. The third kappa shape index (κ3) is 2.32. The summed E-state index contributed by atoms with van der Waals surface area (Å²) in [7, 11) is 1.68. The summed E-state index contributed by atoms with van der Waals surface area (Å²) in [5.74, 6) is 0.863. The van der Waals surface area contributed by atoms with Crippen LogP contribution in [0.4, 0.5) is 0 Å². The number of benzene rings is 2. The molecule has 100 valence electrons. The molecule has 0 aliphatic carbocycles. The van der Waals surface area contributed by atoms with Crippen molar-refractivity contribution in [2.45, 2.75) is 6.92 Å². The fourth-order valence-corrected chi connectivity index (χ4v) is 2.99. The minimum Gasteiger partial charge on any atom is -0.497 e. The standard InChI is InChI=1S/C17H15NOS/c1-12-16(13-6-4-3-5-7-13)17(18-20-12)14-8-10-15(19-2)11-9-14/h3-11H,1-2H3. The molecular weight excluding hydrogens is 266 g/mol. The van der Waals surface area contributed by atoms with Crippen molar-refractivity contribution in [2.24, 2.45) is 0 Å². The Labute approximate surface area is 122 Å². The second kappa shape index (κ2) is 5.47. The fraction of sp³-hybridized carbons (Fsp3) is 0.118. The van der Waals surface area contributed by atoms with Crippen molar-refractivity contribution >= 4 is 11.5 Å². The molecule has 0 aliphatic rings. The second-order valence-electron chi connectivity index (χ2n) is 4.56. The number of ether oxygens (including phenoxy) is 1. The first-order valence-corrected chi connectivity index (χ1v) is 7.23. The van der Waals surface area contributed by atoms with Crippen molar-refractivity contribution in [3.8, 4) is 28.1 Å². The maximum atomic E-state index is 5.21. The van der Waals surface area contributed by atoms with Crippen LogP contribution in [0.2, 0.25) is 0 Å². The molecule has 3 rings (SSSR count). The Hall–Kier alpha value is -2.13. The van der Waals surface area contributed by atoms with E-state index in [1.807, 2.05) is 18.2 Å². The van der Waals surface area contributed by atoms with E-state index in [1.54, 1.807) is 18.6 Å². The molecule has 0 atom stereocenters. The Bertz CT molecular complexity index is 702. The van der Waals surface area contributed by atoms with Crippen LogP contribution >= 0.6 is 11.5 Å². The van der Waals surface area contributed by atoms with Gasteiger partial charge in [0.25, 0.3) is 0 Å². The topological polar surface area (TPSA) is 22.1 Å². The lowest BCUT2D eigenvalue weighted by molar-refractivity contribution is 0.415. The first-order valence-electron chi connectivity index (χ1n) is 6.45. The van der Waals surface area contributed by atoms with Crippen LogP contribution in [0.5, 0.6) is 5.75 Å². The number of rotatable bonds is 3. The SMILES string of the molecule is COc1ccc(-c2nsc(C)c2-c2ccccc2)cc1. The van der Waals surface area contributed by atoms with Crippen molar-refractivity contribution in [1.29, 1.82) is 0 Å². The van der Waals surface area contributed by atoms with Crippen molar-refractivity contribution in [3.05, 3.63) is 59.5 Å². The van der Waals surface area contributed by atoms with Crippen LogP contribution < -0.4 is 4.74 Å². The number of aromatic nitrogens is 1. The van der Waals surface area contributed by atoms with Gasteiger partial charge in [-0.15, -0.1) is 0 Å². The van der Waals surface area contributed by atoms with E-state index in [2.05, 4.69) is 47.7 Å². The predicted molar refractivity (Wildman–Crippen MR) is 84.3 cm³/mol. The van der Waals surface area contributed by atoms with Gasteiger partial charge in [0.1, 0.15) is 5.75 Å². The van der Waals surface area contributed by atoms with Crippen molar-refractivity contribution in [3.63, 3.8) is 0 Å². The summed E-state index contributed by atoms with van der Waals surface area (Å²) in [5.41, 5.74) is 4.60. The highest BCUT2D eigenvalue weighted by Gasteiger charge is 2.14. The molecule has 0 amide bonds. The number of methoxy groups -OCH3 is 1. The molecule has 0 unspecified atom stereocenters.